The van der Waals surface area contributed by atoms with Crippen molar-refractivity contribution in [2.75, 3.05) is 0 Å². The van der Waals surface area contributed by atoms with Crippen LogP contribution in [-0.2, 0) is 22.8 Å². The zero-order valence-electron chi connectivity index (χ0n) is 32.3. The Labute approximate surface area is 324 Å². The van der Waals surface area contributed by atoms with Crippen LogP contribution in [0.25, 0.3) is 34.4 Å². The van der Waals surface area contributed by atoms with Crippen molar-refractivity contribution < 1.29 is 17.4 Å². The first-order valence-electron chi connectivity index (χ1n) is 19.2. The predicted octanol–water partition coefficient (Wildman–Crippen LogP) is 14.2. The third-order valence-corrected chi connectivity index (χ3v) is 30.4. The Kier molecular flexibility index (Phi) is 11.9. The summed E-state index contributed by atoms with van der Waals surface area (Å²) < 4.78 is 6.64. The van der Waals surface area contributed by atoms with Gasteiger partial charge in [-0.25, -0.2) is 0 Å². The van der Waals surface area contributed by atoms with Gasteiger partial charge in [0, 0.05) is 0 Å². The Balaban J connectivity index is 0.00000252. The van der Waals surface area contributed by atoms with Gasteiger partial charge < -0.3 is 0 Å². The normalized spacial score (nSPS) is 19.6. The Morgan fingerprint density at radius 3 is 1.75 bits per heavy atom. The average Bonchev–Trinajstić information content (AvgIpc) is 3.67. The van der Waals surface area contributed by atoms with Gasteiger partial charge in [0.05, 0.1) is 0 Å². The molecule has 3 atom stereocenters. The zero-order valence-corrected chi connectivity index (χ0v) is 37.8. The molecule has 3 aliphatic carbocycles. The molecular formula is C47H60Cl2SiZr. The molecular weight excluding hydrogens is 755 g/mol. The van der Waals surface area contributed by atoms with Crippen LogP contribution in [0.15, 0.2) is 96.1 Å². The van der Waals surface area contributed by atoms with Gasteiger partial charge in [-0.15, -0.1) is 24.8 Å². The van der Waals surface area contributed by atoms with Crippen molar-refractivity contribution in [3.63, 3.8) is 0 Å². The maximum Gasteiger partial charge on any atom is -0.147 e. The van der Waals surface area contributed by atoms with E-state index in [0.717, 1.165) is 5.92 Å². The third-order valence-electron chi connectivity index (χ3n) is 12.8. The summed E-state index contributed by atoms with van der Waals surface area (Å²) in [5.41, 5.74) is 18.0. The fraction of sp³-hybridized carbons (Fsp3) is 0.404. The molecule has 0 bridgehead atoms. The standard InChI is InChI=1S/C23H27.C22H23.2CH3.2ClH.H2Si.Zr/c1-6-16(2)19-14-18-8-7-9-21(22(18)15-19)17-10-12-20(13-11-17)23(3,4)5;1-16-14-20-8-5-9-21(22(20)15-16)19-12-10-18(11-13-19)17-6-3-2-4-7-17;;;;;;/h7-16H,6H2,1-5H3;5,8-15,17H,2-4,6-7H2,1H3;2*1H3;2*1H;1H2;. The summed E-state index contributed by atoms with van der Waals surface area (Å²) in [6, 6.07) is 33.5. The smallest absolute Gasteiger partial charge is 0.147 e. The van der Waals surface area contributed by atoms with Crippen LogP contribution in [0.5, 0.6) is 0 Å². The van der Waals surface area contributed by atoms with E-state index in [0.29, 0.717) is 13.2 Å². The topological polar surface area (TPSA) is 0 Å². The van der Waals surface area contributed by atoms with E-state index in [9.17, 15) is 0 Å². The molecule has 3 unspecified atom stereocenters. The Morgan fingerprint density at radius 2 is 1.22 bits per heavy atom. The second-order valence-corrected chi connectivity index (χ2v) is 48.5. The summed E-state index contributed by atoms with van der Waals surface area (Å²) in [5, 5.41) is 0. The van der Waals surface area contributed by atoms with Crippen LogP contribution >= 0.6 is 24.8 Å². The molecule has 0 amide bonds. The summed E-state index contributed by atoms with van der Waals surface area (Å²) in [6.07, 6.45) is 13.3. The van der Waals surface area contributed by atoms with Gasteiger partial charge in [-0.1, -0.05) is 0 Å². The Hall–Kier alpha value is -1.96. The van der Waals surface area contributed by atoms with E-state index in [1.807, 2.05) is 0 Å². The fourth-order valence-electron chi connectivity index (χ4n) is 10.1. The molecule has 0 radical (unpaired) electrons. The van der Waals surface area contributed by atoms with E-state index in [-0.39, 0.29) is 30.2 Å². The number of halogens is 2. The predicted molar refractivity (Wildman–Crippen MR) is 230 cm³/mol. The maximum atomic E-state index is 2.79. The molecule has 0 aliphatic heterocycles. The first-order valence-corrected chi connectivity index (χ1v) is 32.9. The molecule has 4 aromatic carbocycles. The Bertz CT molecular complexity index is 2010. The number of hydrogen-bond donors (Lipinski definition) is 0. The van der Waals surface area contributed by atoms with Gasteiger partial charge in [-0.3, -0.25) is 0 Å². The van der Waals surface area contributed by atoms with Crippen molar-refractivity contribution in [1.82, 2.24) is 0 Å². The van der Waals surface area contributed by atoms with Crippen molar-refractivity contribution in [2.45, 2.75) is 108 Å². The van der Waals surface area contributed by atoms with Gasteiger partial charge in [0.25, 0.3) is 0 Å². The molecule has 0 spiro atoms. The molecule has 0 saturated heterocycles. The molecule has 51 heavy (non-hydrogen) atoms. The van der Waals surface area contributed by atoms with E-state index in [4.69, 9.17) is 0 Å². The van der Waals surface area contributed by atoms with Crippen LogP contribution < -0.4 is 0 Å². The summed E-state index contributed by atoms with van der Waals surface area (Å²) >= 11 is -3.69. The molecule has 4 heteroatoms. The second-order valence-electron chi connectivity index (χ2n) is 18.0. The van der Waals surface area contributed by atoms with E-state index >= 15 is 0 Å². The van der Waals surface area contributed by atoms with Crippen LogP contribution in [0.1, 0.15) is 127 Å². The van der Waals surface area contributed by atoms with Crippen LogP contribution in [0.2, 0.25) is 9.26 Å². The summed E-state index contributed by atoms with van der Waals surface area (Å²) in [4.78, 5) is 0. The fourth-order valence-corrected chi connectivity index (χ4v) is 30.6. The van der Waals surface area contributed by atoms with Crippen molar-refractivity contribution in [3.8, 4) is 22.3 Å². The van der Waals surface area contributed by atoms with E-state index in [1.54, 1.807) is 27.8 Å². The summed E-state index contributed by atoms with van der Waals surface area (Å²) in [7, 11) is 0. The van der Waals surface area contributed by atoms with Crippen LogP contribution in [0, 0.1) is 5.92 Å². The summed E-state index contributed by atoms with van der Waals surface area (Å²) in [5.74, 6) is 1.31. The number of benzene rings is 4. The number of allylic oxidation sites excluding steroid dienone is 2. The Morgan fingerprint density at radius 1 is 0.706 bits per heavy atom. The average molecular weight is 815 g/mol. The summed E-state index contributed by atoms with van der Waals surface area (Å²) in [6.45, 7) is 16.7. The minimum atomic E-state index is -3.69. The van der Waals surface area contributed by atoms with E-state index in [1.165, 1.54) is 77.5 Å². The van der Waals surface area contributed by atoms with Gasteiger partial charge >= 0.3 is 302 Å². The van der Waals surface area contributed by atoms with Crippen molar-refractivity contribution in [3.05, 3.63) is 129 Å². The zero-order chi connectivity index (χ0) is 34.7. The minimum Gasteiger partial charge on any atom is -0.147 e. The molecule has 270 valence electrons. The minimum absolute atomic E-state index is 0. The monoisotopic (exact) mass is 812 g/mol. The van der Waals surface area contributed by atoms with E-state index in [2.05, 4.69) is 155 Å². The second kappa shape index (κ2) is 15.1. The number of fused-ring (bicyclic) bond motifs is 2. The third kappa shape index (κ3) is 7.31. The molecule has 0 aromatic heterocycles. The maximum absolute atomic E-state index is 3.69. The molecule has 1 fully saturated rings. The largest absolute Gasteiger partial charge is 0.147 e. The quantitative estimate of drug-likeness (QED) is 0.163. The van der Waals surface area contributed by atoms with Crippen molar-refractivity contribution >= 4 is 43.8 Å². The first kappa shape index (κ1) is 40.2. The van der Waals surface area contributed by atoms with Crippen LogP contribution in [0.4, 0.5) is 0 Å². The van der Waals surface area contributed by atoms with Gasteiger partial charge in [0.2, 0.25) is 0 Å². The molecule has 7 rings (SSSR count). The van der Waals surface area contributed by atoms with Gasteiger partial charge in [0.1, 0.15) is 0 Å². The number of rotatable bonds is 7. The van der Waals surface area contributed by atoms with Gasteiger partial charge in [-0.2, -0.15) is 0 Å². The number of hydrogen-bond acceptors (Lipinski definition) is 0. The van der Waals surface area contributed by atoms with E-state index < -0.39 is 17.4 Å². The van der Waals surface area contributed by atoms with Gasteiger partial charge in [-0.05, 0) is 0 Å². The van der Waals surface area contributed by atoms with Gasteiger partial charge in [0.15, 0.2) is 0 Å². The molecule has 1 saturated carbocycles. The van der Waals surface area contributed by atoms with Crippen LogP contribution in [0.3, 0.4) is 0 Å². The van der Waals surface area contributed by atoms with Crippen molar-refractivity contribution in [2.24, 2.45) is 5.92 Å². The first-order chi connectivity index (χ1) is 23.3. The molecule has 0 N–H and O–H groups in total. The molecule has 0 heterocycles. The molecule has 0 nitrogen and oxygen atoms in total. The molecule has 3 aliphatic rings. The van der Waals surface area contributed by atoms with Crippen molar-refractivity contribution in [1.29, 1.82) is 0 Å². The molecule has 4 aromatic rings. The van der Waals surface area contributed by atoms with Crippen LogP contribution in [-0.4, -0.2) is 6.88 Å². The SMILES string of the molecule is CCC(C)C1=Cc2c(-c3ccc(C(C)(C)C)cc3)cccc2[CH]1[Zr]([CH3])([CH3])(=[SiH2])[CH]1C(C)=Cc2c(-c3ccc(C4CCCCC4)cc3)cccc21.Cl.Cl.